The van der Waals surface area contributed by atoms with Gasteiger partial charge in [0.25, 0.3) is 5.91 Å². The Bertz CT molecular complexity index is 1050. The fourth-order valence-electron chi connectivity index (χ4n) is 2.86. The third kappa shape index (κ3) is 4.97. The monoisotopic (exact) mass is 407 g/mol. The summed E-state index contributed by atoms with van der Waals surface area (Å²) < 4.78 is 17.1. The van der Waals surface area contributed by atoms with E-state index in [0.717, 1.165) is 11.1 Å². The molecule has 29 heavy (non-hydrogen) atoms. The molecular formula is C23H21NO4S. The smallest absolute Gasteiger partial charge is 0.340 e. The third-order valence-electron chi connectivity index (χ3n) is 4.34. The fraction of sp³-hybridized carbons (Fsp3) is 0.130. The zero-order valence-electron chi connectivity index (χ0n) is 16.1. The molecule has 0 saturated heterocycles. The highest BCUT2D eigenvalue weighted by Gasteiger charge is 2.22. The predicted octanol–water partition coefficient (Wildman–Crippen LogP) is 4.28. The number of nitrogens with one attached hydrogen (secondary N) is 1. The number of hydrogen-bond acceptors (Lipinski definition) is 4. The van der Waals surface area contributed by atoms with Crippen LogP contribution in [-0.4, -0.2) is 28.4 Å². The molecule has 6 heteroatoms. The first-order valence-corrected chi connectivity index (χ1v) is 10.6. The maximum Gasteiger partial charge on any atom is 0.340 e. The summed E-state index contributed by atoms with van der Waals surface area (Å²) in [6.07, 6.45) is 0.465. The fourth-order valence-corrected chi connectivity index (χ4v) is 3.59. The van der Waals surface area contributed by atoms with Crippen molar-refractivity contribution in [3.63, 3.8) is 0 Å². The molecule has 2 atom stereocenters. The molecule has 5 nitrogen and oxygen atoms in total. The van der Waals surface area contributed by atoms with E-state index in [9.17, 15) is 13.8 Å². The van der Waals surface area contributed by atoms with Crippen LogP contribution in [0.5, 0.6) is 0 Å². The summed E-state index contributed by atoms with van der Waals surface area (Å²) in [4.78, 5) is 25.5. The molecule has 148 valence electrons. The number of ether oxygens (including phenoxy) is 1. The lowest BCUT2D eigenvalue weighted by atomic mass is 10.0. The van der Waals surface area contributed by atoms with Gasteiger partial charge in [-0.25, -0.2) is 4.79 Å². The summed E-state index contributed by atoms with van der Waals surface area (Å²) in [5.74, 6) is -1.13. The Morgan fingerprint density at radius 2 is 1.52 bits per heavy atom. The van der Waals surface area contributed by atoms with E-state index in [1.165, 1.54) is 19.2 Å². The summed E-state index contributed by atoms with van der Waals surface area (Å²) in [5, 5.41) is 2.83. The van der Waals surface area contributed by atoms with Crippen LogP contribution in [0.1, 0.15) is 17.3 Å². The third-order valence-corrected chi connectivity index (χ3v) is 5.31. The second-order valence-electron chi connectivity index (χ2n) is 6.40. The highest BCUT2D eigenvalue weighted by Crippen LogP contribution is 2.27. The Morgan fingerprint density at radius 1 is 0.897 bits per heavy atom. The Balaban J connectivity index is 1.74. The van der Waals surface area contributed by atoms with Crippen LogP contribution in [0.4, 0.5) is 5.69 Å². The van der Waals surface area contributed by atoms with Crippen molar-refractivity contribution in [2.75, 3.05) is 11.6 Å². The van der Waals surface area contributed by atoms with Crippen molar-refractivity contribution in [3.05, 3.63) is 84.4 Å². The van der Waals surface area contributed by atoms with Gasteiger partial charge in [-0.2, -0.15) is 0 Å². The summed E-state index contributed by atoms with van der Waals surface area (Å²) >= 11 is 0. The van der Waals surface area contributed by atoms with Crippen LogP contribution in [-0.2, 0) is 20.3 Å². The molecule has 0 bridgehead atoms. The van der Waals surface area contributed by atoms with Gasteiger partial charge in [-0.1, -0.05) is 60.7 Å². The zero-order chi connectivity index (χ0) is 20.8. The standard InChI is InChI=1S/C23H21NO4S/c1-16(28-23(26)19-13-7-9-15-21(19)29(2)27)22(25)24-20-14-8-6-12-18(20)17-10-4-3-5-11-17/h3-16H,1-2H3,(H,24,25)/t16-,29+/m0/s1. The predicted molar refractivity (Wildman–Crippen MR) is 114 cm³/mol. The van der Waals surface area contributed by atoms with Gasteiger partial charge < -0.3 is 10.1 Å². The van der Waals surface area contributed by atoms with E-state index in [-0.39, 0.29) is 5.56 Å². The first kappa shape index (κ1) is 20.5. The van der Waals surface area contributed by atoms with Crippen LogP contribution >= 0.6 is 0 Å². The molecule has 0 unspecified atom stereocenters. The van der Waals surface area contributed by atoms with Gasteiger partial charge in [0.15, 0.2) is 6.10 Å². The van der Waals surface area contributed by atoms with Crippen molar-refractivity contribution in [1.82, 2.24) is 0 Å². The van der Waals surface area contributed by atoms with E-state index in [1.807, 2.05) is 48.5 Å². The minimum absolute atomic E-state index is 0.192. The van der Waals surface area contributed by atoms with Gasteiger partial charge in [-0.05, 0) is 30.7 Å². The van der Waals surface area contributed by atoms with E-state index in [1.54, 1.807) is 24.3 Å². The topological polar surface area (TPSA) is 72.5 Å². The SMILES string of the molecule is C[C@H](OC(=O)c1ccccc1[S@@](C)=O)C(=O)Nc1ccccc1-c1ccccc1. The van der Waals surface area contributed by atoms with Crippen molar-refractivity contribution < 1.29 is 18.5 Å². The lowest BCUT2D eigenvalue weighted by molar-refractivity contribution is -0.123. The van der Waals surface area contributed by atoms with Gasteiger partial charge in [-0.3, -0.25) is 9.00 Å². The molecule has 3 aromatic carbocycles. The number of esters is 1. The van der Waals surface area contributed by atoms with Gasteiger partial charge in [0, 0.05) is 17.5 Å². The quantitative estimate of drug-likeness (QED) is 0.619. The van der Waals surface area contributed by atoms with Crippen LogP contribution in [0.25, 0.3) is 11.1 Å². The van der Waals surface area contributed by atoms with Crippen molar-refractivity contribution in [2.45, 2.75) is 17.9 Å². The highest BCUT2D eigenvalue weighted by molar-refractivity contribution is 7.84. The number of carbonyl (C=O) groups is 2. The van der Waals surface area contributed by atoms with Crippen LogP contribution in [0.2, 0.25) is 0 Å². The molecule has 0 saturated carbocycles. The molecule has 0 aliphatic heterocycles. The van der Waals surface area contributed by atoms with Crippen LogP contribution in [0, 0.1) is 0 Å². The molecule has 0 fully saturated rings. The number of para-hydroxylation sites is 1. The molecule has 0 aliphatic rings. The van der Waals surface area contributed by atoms with Gasteiger partial charge in [0.1, 0.15) is 0 Å². The van der Waals surface area contributed by atoms with E-state index < -0.39 is 28.8 Å². The average Bonchev–Trinajstić information content (AvgIpc) is 2.74. The molecule has 0 radical (unpaired) electrons. The summed E-state index contributed by atoms with van der Waals surface area (Å²) in [6.45, 7) is 1.50. The number of benzene rings is 3. The molecule has 0 aliphatic carbocycles. The van der Waals surface area contributed by atoms with Crippen molar-refractivity contribution in [1.29, 1.82) is 0 Å². The Labute approximate surface area is 172 Å². The van der Waals surface area contributed by atoms with Gasteiger partial charge >= 0.3 is 5.97 Å². The number of carbonyl (C=O) groups excluding carboxylic acids is 2. The zero-order valence-corrected chi connectivity index (χ0v) is 16.9. The lowest BCUT2D eigenvalue weighted by Crippen LogP contribution is -2.30. The van der Waals surface area contributed by atoms with Gasteiger partial charge in [-0.15, -0.1) is 0 Å². The number of rotatable bonds is 6. The van der Waals surface area contributed by atoms with Crippen LogP contribution in [0.3, 0.4) is 0 Å². The molecule has 0 heterocycles. The summed E-state index contributed by atoms with van der Waals surface area (Å²) in [6, 6.07) is 23.6. The molecular weight excluding hydrogens is 386 g/mol. The molecule has 1 N–H and O–H groups in total. The Hall–Kier alpha value is -3.25. The van der Waals surface area contributed by atoms with Crippen molar-refractivity contribution in [2.24, 2.45) is 0 Å². The molecule has 3 rings (SSSR count). The summed E-state index contributed by atoms with van der Waals surface area (Å²) in [5.41, 5.74) is 2.65. The minimum Gasteiger partial charge on any atom is -0.449 e. The van der Waals surface area contributed by atoms with Crippen LogP contribution in [0.15, 0.2) is 83.8 Å². The van der Waals surface area contributed by atoms with E-state index in [2.05, 4.69) is 5.32 Å². The minimum atomic E-state index is -1.34. The highest BCUT2D eigenvalue weighted by atomic mass is 32.2. The number of amides is 1. The first-order valence-electron chi connectivity index (χ1n) is 9.06. The second kappa shape index (κ2) is 9.30. The van der Waals surface area contributed by atoms with Gasteiger partial charge in [0.05, 0.1) is 21.3 Å². The normalized spacial score (nSPS) is 12.6. The lowest BCUT2D eigenvalue weighted by Gasteiger charge is -2.16. The Kier molecular flexibility index (Phi) is 6.57. The largest absolute Gasteiger partial charge is 0.449 e. The molecule has 1 amide bonds. The van der Waals surface area contributed by atoms with E-state index >= 15 is 0 Å². The second-order valence-corrected chi connectivity index (χ2v) is 7.75. The molecule has 3 aromatic rings. The average molecular weight is 407 g/mol. The van der Waals surface area contributed by atoms with Gasteiger partial charge in [0.2, 0.25) is 0 Å². The first-order chi connectivity index (χ1) is 14.0. The van der Waals surface area contributed by atoms with E-state index in [0.29, 0.717) is 10.6 Å². The van der Waals surface area contributed by atoms with Crippen LogP contribution < -0.4 is 5.32 Å². The molecule has 0 aromatic heterocycles. The molecule has 0 spiro atoms. The Morgan fingerprint density at radius 3 is 2.24 bits per heavy atom. The van der Waals surface area contributed by atoms with Crippen molar-refractivity contribution >= 4 is 28.4 Å². The number of hydrogen-bond donors (Lipinski definition) is 1. The van der Waals surface area contributed by atoms with E-state index in [4.69, 9.17) is 4.74 Å². The van der Waals surface area contributed by atoms with Crippen molar-refractivity contribution in [3.8, 4) is 11.1 Å². The maximum absolute atomic E-state index is 12.6. The summed E-state index contributed by atoms with van der Waals surface area (Å²) in [7, 11) is -1.34. The maximum atomic E-state index is 12.6. The number of anilines is 1.